The van der Waals surface area contributed by atoms with Gasteiger partial charge < -0.3 is 20.7 Å². The fourth-order valence-electron chi connectivity index (χ4n) is 1.07. The Bertz CT molecular complexity index is 281. The van der Waals surface area contributed by atoms with Crippen molar-refractivity contribution in [3.8, 4) is 0 Å². The minimum absolute atomic E-state index is 0.0786. The van der Waals surface area contributed by atoms with Gasteiger partial charge in [0.2, 0.25) is 11.8 Å². The van der Waals surface area contributed by atoms with Crippen LogP contribution in [0.3, 0.4) is 0 Å². The quantitative estimate of drug-likeness (QED) is 0.530. The summed E-state index contributed by atoms with van der Waals surface area (Å²) >= 11 is 0. The standard InChI is InChI=1S/C10H19N3O4/c1-13(5-3-4-10(16)17-2)9(15)7-12-8(14)6-11/h3-7,11H2,1-2H3,(H,12,14). The number of likely N-dealkylation sites (N-methyl/N-ethyl adjacent to an activating group) is 1. The normalized spacial score (nSPS) is 9.59. The molecule has 0 bridgehead atoms. The maximum atomic E-state index is 11.5. The molecule has 7 heteroatoms. The molecule has 0 saturated heterocycles. The van der Waals surface area contributed by atoms with Crippen LogP contribution in [0.4, 0.5) is 0 Å². The third kappa shape index (κ3) is 7.29. The minimum Gasteiger partial charge on any atom is -0.469 e. The van der Waals surface area contributed by atoms with Gasteiger partial charge in [-0.2, -0.15) is 0 Å². The van der Waals surface area contributed by atoms with Crippen LogP contribution in [0.15, 0.2) is 0 Å². The molecular formula is C10H19N3O4. The molecule has 0 spiro atoms. The van der Waals surface area contributed by atoms with Crippen molar-refractivity contribution in [2.24, 2.45) is 5.73 Å². The molecule has 0 aromatic heterocycles. The first-order valence-corrected chi connectivity index (χ1v) is 5.28. The molecule has 0 unspecified atom stereocenters. The summed E-state index contributed by atoms with van der Waals surface area (Å²) in [5, 5.41) is 2.38. The lowest BCUT2D eigenvalue weighted by atomic mass is 10.3. The van der Waals surface area contributed by atoms with Gasteiger partial charge in [0.1, 0.15) is 0 Å². The molecular weight excluding hydrogens is 226 g/mol. The van der Waals surface area contributed by atoms with Crippen molar-refractivity contribution in [2.45, 2.75) is 12.8 Å². The van der Waals surface area contributed by atoms with Crippen LogP contribution in [0, 0.1) is 0 Å². The Labute approximate surface area is 100 Å². The molecule has 3 N–H and O–H groups in total. The molecule has 0 aliphatic carbocycles. The van der Waals surface area contributed by atoms with E-state index >= 15 is 0 Å². The second kappa shape index (κ2) is 8.51. The van der Waals surface area contributed by atoms with E-state index in [-0.39, 0.29) is 37.3 Å². The van der Waals surface area contributed by atoms with E-state index in [0.29, 0.717) is 13.0 Å². The molecule has 0 aliphatic heterocycles. The van der Waals surface area contributed by atoms with Crippen LogP contribution in [0.5, 0.6) is 0 Å². The number of nitrogens with two attached hydrogens (primary N) is 1. The SMILES string of the molecule is COC(=O)CCCN(C)C(=O)CNC(=O)CN. The number of carbonyl (C=O) groups is 3. The van der Waals surface area contributed by atoms with E-state index in [1.807, 2.05) is 0 Å². The highest BCUT2D eigenvalue weighted by Crippen LogP contribution is 1.95. The van der Waals surface area contributed by atoms with Gasteiger partial charge >= 0.3 is 5.97 Å². The van der Waals surface area contributed by atoms with Crippen molar-refractivity contribution in [3.05, 3.63) is 0 Å². The fraction of sp³-hybridized carbons (Fsp3) is 0.700. The highest BCUT2D eigenvalue weighted by atomic mass is 16.5. The summed E-state index contributed by atoms with van der Waals surface area (Å²) in [6.07, 6.45) is 0.795. The highest BCUT2D eigenvalue weighted by molar-refractivity contribution is 5.85. The topological polar surface area (TPSA) is 102 Å². The number of nitrogens with zero attached hydrogens (tertiary/aromatic N) is 1. The molecule has 0 aromatic rings. The van der Waals surface area contributed by atoms with Crippen LogP contribution < -0.4 is 11.1 Å². The largest absolute Gasteiger partial charge is 0.469 e. The van der Waals surface area contributed by atoms with Crippen molar-refractivity contribution in [3.63, 3.8) is 0 Å². The lowest BCUT2D eigenvalue weighted by Gasteiger charge is -2.16. The number of ether oxygens (including phenoxy) is 1. The van der Waals surface area contributed by atoms with Crippen molar-refractivity contribution in [1.82, 2.24) is 10.2 Å². The van der Waals surface area contributed by atoms with Crippen molar-refractivity contribution in [1.29, 1.82) is 0 Å². The van der Waals surface area contributed by atoms with Gasteiger partial charge in [0.15, 0.2) is 0 Å². The van der Waals surface area contributed by atoms with E-state index in [4.69, 9.17) is 5.73 Å². The van der Waals surface area contributed by atoms with Gasteiger partial charge in [-0.3, -0.25) is 14.4 Å². The van der Waals surface area contributed by atoms with Gasteiger partial charge in [-0.05, 0) is 6.42 Å². The van der Waals surface area contributed by atoms with Gasteiger partial charge in [-0.1, -0.05) is 0 Å². The van der Waals surface area contributed by atoms with Crippen LogP contribution in [0.1, 0.15) is 12.8 Å². The Hall–Kier alpha value is -1.63. The van der Waals surface area contributed by atoms with Crippen LogP contribution in [-0.2, 0) is 19.1 Å². The summed E-state index contributed by atoms with van der Waals surface area (Å²) in [6.45, 7) is 0.219. The number of methoxy groups -OCH3 is 1. The molecule has 7 nitrogen and oxygen atoms in total. The molecule has 0 aromatic carbocycles. The summed E-state index contributed by atoms with van der Waals surface area (Å²) in [5.41, 5.74) is 5.07. The molecule has 0 aliphatic rings. The van der Waals surface area contributed by atoms with Crippen LogP contribution in [0.2, 0.25) is 0 Å². The predicted molar refractivity (Wildman–Crippen MR) is 61.0 cm³/mol. The summed E-state index contributed by atoms with van der Waals surface area (Å²) in [7, 11) is 2.92. The third-order valence-electron chi connectivity index (χ3n) is 2.15. The Morgan fingerprint density at radius 3 is 2.53 bits per heavy atom. The molecule has 0 saturated carbocycles. The number of carbonyl (C=O) groups excluding carboxylic acids is 3. The Morgan fingerprint density at radius 1 is 1.35 bits per heavy atom. The third-order valence-corrected chi connectivity index (χ3v) is 2.15. The fourth-order valence-corrected chi connectivity index (χ4v) is 1.07. The molecule has 0 fully saturated rings. The molecule has 0 radical (unpaired) electrons. The molecule has 0 atom stereocenters. The number of nitrogens with one attached hydrogen (secondary N) is 1. The molecule has 17 heavy (non-hydrogen) atoms. The zero-order valence-electron chi connectivity index (χ0n) is 10.2. The second-order valence-electron chi connectivity index (χ2n) is 3.48. The number of esters is 1. The number of amides is 2. The predicted octanol–water partition coefficient (Wildman–Crippen LogP) is -1.53. The first-order valence-electron chi connectivity index (χ1n) is 5.28. The Kier molecular flexibility index (Phi) is 7.70. The second-order valence-corrected chi connectivity index (χ2v) is 3.48. The summed E-state index contributed by atoms with van der Waals surface area (Å²) < 4.78 is 4.47. The molecule has 0 rings (SSSR count). The van der Waals surface area contributed by atoms with Crippen LogP contribution >= 0.6 is 0 Å². The van der Waals surface area contributed by atoms with E-state index in [0.717, 1.165) is 0 Å². The average molecular weight is 245 g/mol. The Morgan fingerprint density at radius 2 is 2.00 bits per heavy atom. The van der Waals surface area contributed by atoms with E-state index in [1.54, 1.807) is 7.05 Å². The Balaban J connectivity index is 3.74. The highest BCUT2D eigenvalue weighted by Gasteiger charge is 2.10. The lowest BCUT2D eigenvalue weighted by molar-refractivity contribution is -0.141. The van der Waals surface area contributed by atoms with Crippen molar-refractivity contribution in [2.75, 3.05) is 33.8 Å². The van der Waals surface area contributed by atoms with Gasteiger partial charge in [0.25, 0.3) is 0 Å². The maximum absolute atomic E-state index is 11.5. The van der Waals surface area contributed by atoms with Gasteiger partial charge in [-0.25, -0.2) is 0 Å². The van der Waals surface area contributed by atoms with Crippen LogP contribution in [-0.4, -0.2) is 56.5 Å². The monoisotopic (exact) mass is 245 g/mol. The smallest absolute Gasteiger partial charge is 0.305 e. The van der Waals surface area contributed by atoms with E-state index in [9.17, 15) is 14.4 Å². The number of hydrogen-bond acceptors (Lipinski definition) is 5. The first-order chi connectivity index (χ1) is 8.01. The zero-order chi connectivity index (χ0) is 13.3. The molecule has 0 heterocycles. The van der Waals surface area contributed by atoms with Crippen molar-refractivity contribution >= 4 is 17.8 Å². The number of hydrogen-bond donors (Lipinski definition) is 2. The number of rotatable bonds is 7. The van der Waals surface area contributed by atoms with Gasteiger partial charge in [-0.15, -0.1) is 0 Å². The first kappa shape index (κ1) is 15.4. The van der Waals surface area contributed by atoms with Crippen molar-refractivity contribution < 1.29 is 19.1 Å². The summed E-state index contributed by atoms with van der Waals surface area (Å²) in [6, 6.07) is 0. The summed E-state index contributed by atoms with van der Waals surface area (Å²) in [4.78, 5) is 34.5. The molecule has 98 valence electrons. The van der Waals surface area contributed by atoms with Gasteiger partial charge in [0.05, 0.1) is 20.2 Å². The van der Waals surface area contributed by atoms with Gasteiger partial charge in [0, 0.05) is 20.0 Å². The molecule has 2 amide bonds. The minimum atomic E-state index is -0.374. The van der Waals surface area contributed by atoms with E-state index in [1.165, 1.54) is 12.0 Å². The lowest BCUT2D eigenvalue weighted by Crippen LogP contribution is -2.40. The van der Waals surface area contributed by atoms with E-state index in [2.05, 4.69) is 10.1 Å². The summed E-state index contributed by atoms with van der Waals surface area (Å²) in [5.74, 6) is -0.903. The maximum Gasteiger partial charge on any atom is 0.305 e. The van der Waals surface area contributed by atoms with E-state index < -0.39 is 0 Å². The van der Waals surface area contributed by atoms with Crippen LogP contribution in [0.25, 0.3) is 0 Å². The zero-order valence-corrected chi connectivity index (χ0v) is 10.2. The average Bonchev–Trinajstić information content (AvgIpc) is 2.34.